The first kappa shape index (κ1) is 21.2. The summed E-state index contributed by atoms with van der Waals surface area (Å²) in [6.07, 6.45) is 1.12. The van der Waals surface area contributed by atoms with Crippen LogP contribution in [0.5, 0.6) is 0 Å². The maximum absolute atomic E-state index is 11.5. The number of carboxylic acid groups (broad SMARTS) is 2. The predicted molar refractivity (Wildman–Crippen MR) is 106 cm³/mol. The van der Waals surface area contributed by atoms with E-state index in [1.807, 2.05) is 54.6 Å². The molecule has 0 aliphatic heterocycles. The number of carbonyl (C=O) groups excluding carboxylic acids is 1. The summed E-state index contributed by atoms with van der Waals surface area (Å²) in [6, 6.07) is 17.9. The van der Waals surface area contributed by atoms with Gasteiger partial charge >= 0.3 is 11.9 Å². The van der Waals surface area contributed by atoms with Gasteiger partial charge in [-0.25, -0.2) is 0 Å². The van der Waals surface area contributed by atoms with Crippen LogP contribution in [0.1, 0.15) is 31.2 Å². The minimum atomic E-state index is -1.01. The van der Waals surface area contributed by atoms with E-state index in [0.717, 1.165) is 16.7 Å². The van der Waals surface area contributed by atoms with Crippen molar-refractivity contribution >= 4 is 17.8 Å². The van der Waals surface area contributed by atoms with Crippen LogP contribution in [0.25, 0.3) is 11.1 Å². The molecular formula is C22H25NO5. The Balaban J connectivity index is 1.81. The fraction of sp³-hybridized carbons (Fsp3) is 0.318. The Morgan fingerprint density at radius 1 is 0.857 bits per heavy atom. The van der Waals surface area contributed by atoms with Gasteiger partial charge in [-0.2, -0.15) is 0 Å². The molecule has 2 aromatic carbocycles. The summed E-state index contributed by atoms with van der Waals surface area (Å²) in [4.78, 5) is 33.4. The molecule has 0 spiro atoms. The van der Waals surface area contributed by atoms with Crippen molar-refractivity contribution in [1.29, 1.82) is 0 Å². The molecule has 0 fully saturated rings. The van der Waals surface area contributed by atoms with Gasteiger partial charge in [-0.3, -0.25) is 14.4 Å². The zero-order chi connectivity index (χ0) is 20.4. The molecule has 3 N–H and O–H groups in total. The normalized spacial score (nSPS) is 11.6. The van der Waals surface area contributed by atoms with Crippen molar-refractivity contribution in [3.05, 3.63) is 60.2 Å². The predicted octanol–water partition coefficient (Wildman–Crippen LogP) is 3.36. The van der Waals surface area contributed by atoms with Gasteiger partial charge < -0.3 is 15.5 Å². The summed E-state index contributed by atoms with van der Waals surface area (Å²) < 4.78 is 0. The number of hydrogen-bond acceptors (Lipinski definition) is 3. The van der Waals surface area contributed by atoms with E-state index in [1.54, 1.807) is 0 Å². The molecule has 0 saturated carbocycles. The van der Waals surface area contributed by atoms with Crippen LogP contribution in [-0.2, 0) is 20.8 Å². The summed E-state index contributed by atoms with van der Waals surface area (Å²) in [5, 5.41) is 20.6. The van der Waals surface area contributed by atoms with Gasteiger partial charge in [0, 0.05) is 13.0 Å². The minimum absolute atomic E-state index is 0.0640. The van der Waals surface area contributed by atoms with Gasteiger partial charge in [0.25, 0.3) is 0 Å². The van der Waals surface area contributed by atoms with E-state index in [2.05, 4.69) is 5.32 Å². The number of nitrogens with one attached hydrogen (secondary N) is 1. The molecule has 148 valence electrons. The smallest absolute Gasteiger partial charge is 0.306 e. The van der Waals surface area contributed by atoms with Crippen molar-refractivity contribution in [3.8, 4) is 11.1 Å². The lowest BCUT2D eigenvalue weighted by molar-refractivity contribution is -0.142. The first-order valence-electron chi connectivity index (χ1n) is 9.31. The molecule has 6 nitrogen and oxygen atoms in total. The van der Waals surface area contributed by atoms with E-state index < -0.39 is 17.9 Å². The third-order valence-corrected chi connectivity index (χ3v) is 4.51. The molecule has 0 unspecified atom stereocenters. The van der Waals surface area contributed by atoms with Gasteiger partial charge in [-0.1, -0.05) is 54.6 Å². The second kappa shape index (κ2) is 10.9. The summed E-state index contributed by atoms with van der Waals surface area (Å²) >= 11 is 0. The van der Waals surface area contributed by atoms with Crippen LogP contribution >= 0.6 is 0 Å². The van der Waals surface area contributed by atoms with Crippen LogP contribution in [0, 0.1) is 5.92 Å². The third kappa shape index (κ3) is 7.23. The van der Waals surface area contributed by atoms with Crippen LogP contribution in [0.2, 0.25) is 0 Å². The number of aliphatic carboxylic acids is 2. The van der Waals surface area contributed by atoms with Crippen molar-refractivity contribution in [2.24, 2.45) is 5.92 Å². The fourth-order valence-electron chi connectivity index (χ4n) is 2.95. The zero-order valence-electron chi connectivity index (χ0n) is 15.6. The van der Waals surface area contributed by atoms with Crippen molar-refractivity contribution in [1.82, 2.24) is 5.32 Å². The zero-order valence-corrected chi connectivity index (χ0v) is 15.6. The molecule has 0 radical (unpaired) electrons. The number of amides is 1. The number of hydrogen-bond donors (Lipinski definition) is 3. The van der Waals surface area contributed by atoms with E-state index >= 15 is 0 Å². The van der Waals surface area contributed by atoms with Crippen molar-refractivity contribution in [2.75, 3.05) is 6.54 Å². The highest BCUT2D eigenvalue weighted by molar-refractivity contribution is 5.80. The van der Waals surface area contributed by atoms with E-state index in [9.17, 15) is 19.5 Å². The van der Waals surface area contributed by atoms with Crippen molar-refractivity contribution in [2.45, 2.75) is 32.1 Å². The standard InChI is InChI=1S/C22H25NO5/c24-20(12-13-21(25)26)23-14-4-7-19(22(27)28)15-16-8-10-18(11-9-16)17-5-2-1-3-6-17/h1-3,5-6,8-11,19H,4,7,12-15H2,(H,23,24)(H,25,26)(H,27,28)/t19-/m1/s1. The molecule has 0 aliphatic carbocycles. The Hall–Kier alpha value is -3.15. The van der Waals surface area contributed by atoms with Crippen LogP contribution < -0.4 is 5.32 Å². The Morgan fingerprint density at radius 2 is 1.50 bits per heavy atom. The number of rotatable bonds is 11. The van der Waals surface area contributed by atoms with E-state index in [4.69, 9.17) is 5.11 Å². The fourth-order valence-corrected chi connectivity index (χ4v) is 2.95. The van der Waals surface area contributed by atoms with Gasteiger partial charge in [0.2, 0.25) is 5.91 Å². The molecule has 0 aromatic heterocycles. The molecule has 1 amide bonds. The summed E-state index contributed by atoms with van der Waals surface area (Å²) in [7, 11) is 0. The molecule has 0 aliphatic rings. The molecule has 1 atom stereocenters. The van der Waals surface area contributed by atoms with E-state index in [0.29, 0.717) is 25.8 Å². The van der Waals surface area contributed by atoms with E-state index in [1.165, 1.54) is 0 Å². The largest absolute Gasteiger partial charge is 0.481 e. The highest BCUT2D eigenvalue weighted by atomic mass is 16.4. The van der Waals surface area contributed by atoms with Gasteiger partial charge in [0.05, 0.1) is 12.3 Å². The lowest BCUT2D eigenvalue weighted by atomic mass is 9.93. The second-order valence-corrected chi connectivity index (χ2v) is 6.69. The summed E-state index contributed by atoms with van der Waals surface area (Å²) in [6.45, 7) is 0.342. The van der Waals surface area contributed by atoms with Gasteiger partial charge in [0.1, 0.15) is 0 Å². The lowest BCUT2D eigenvalue weighted by Gasteiger charge is -2.13. The molecule has 2 aromatic rings. The molecule has 2 rings (SSSR count). The lowest BCUT2D eigenvalue weighted by Crippen LogP contribution is -2.26. The number of carbonyl (C=O) groups is 3. The quantitative estimate of drug-likeness (QED) is 0.516. The molecule has 28 heavy (non-hydrogen) atoms. The Bertz CT molecular complexity index is 786. The Kier molecular flexibility index (Phi) is 8.21. The summed E-state index contributed by atoms with van der Waals surface area (Å²) in [5.74, 6) is -2.73. The maximum Gasteiger partial charge on any atom is 0.306 e. The van der Waals surface area contributed by atoms with Crippen LogP contribution in [-0.4, -0.2) is 34.6 Å². The van der Waals surface area contributed by atoms with Gasteiger partial charge in [-0.15, -0.1) is 0 Å². The Labute approximate surface area is 164 Å². The molecule has 0 bridgehead atoms. The minimum Gasteiger partial charge on any atom is -0.481 e. The molecule has 0 saturated heterocycles. The van der Waals surface area contributed by atoms with Crippen LogP contribution in [0.3, 0.4) is 0 Å². The van der Waals surface area contributed by atoms with Gasteiger partial charge in [-0.05, 0) is 36.0 Å². The molecular weight excluding hydrogens is 358 g/mol. The van der Waals surface area contributed by atoms with Gasteiger partial charge in [0.15, 0.2) is 0 Å². The number of benzene rings is 2. The summed E-state index contributed by atoms with van der Waals surface area (Å²) in [5.41, 5.74) is 3.15. The third-order valence-electron chi connectivity index (χ3n) is 4.51. The van der Waals surface area contributed by atoms with Crippen molar-refractivity contribution < 1.29 is 24.6 Å². The average Bonchev–Trinajstić information content (AvgIpc) is 2.69. The number of carboxylic acids is 2. The second-order valence-electron chi connectivity index (χ2n) is 6.69. The van der Waals surface area contributed by atoms with Crippen LogP contribution in [0.4, 0.5) is 0 Å². The first-order valence-corrected chi connectivity index (χ1v) is 9.31. The first-order chi connectivity index (χ1) is 13.5. The average molecular weight is 383 g/mol. The van der Waals surface area contributed by atoms with Crippen LogP contribution in [0.15, 0.2) is 54.6 Å². The Morgan fingerprint density at radius 3 is 2.11 bits per heavy atom. The highest BCUT2D eigenvalue weighted by Crippen LogP contribution is 2.21. The van der Waals surface area contributed by atoms with E-state index in [-0.39, 0.29) is 18.7 Å². The SMILES string of the molecule is O=C(O)CCC(=O)NCCC[C@H](Cc1ccc(-c2ccccc2)cc1)C(=O)O. The monoisotopic (exact) mass is 383 g/mol. The van der Waals surface area contributed by atoms with Crippen molar-refractivity contribution in [3.63, 3.8) is 0 Å². The molecule has 6 heteroatoms. The highest BCUT2D eigenvalue weighted by Gasteiger charge is 2.18. The topological polar surface area (TPSA) is 104 Å². The maximum atomic E-state index is 11.5. The molecule has 0 heterocycles.